The molecule has 0 unspecified atom stereocenters. The molecule has 3 heterocycles. The van der Waals surface area contributed by atoms with E-state index in [0.717, 1.165) is 38.3 Å². The molecule has 0 aliphatic carbocycles. The van der Waals surface area contributed by atoms with Crippen molar-refractivity contribution in [2.45, 2.75) is 0 Å². The van der Waals surface area contributed by atoms with E-state index >= 15 is 0 Å². The van der Waals surface area contributed by atoms with Crippen molar-refractivity contribution in [3.05, 3.63) is 115 Å². The molecule has 0 spiro atoms. The summed E-state index contributed by atoms with van der Waals surface area (Å²) in [5.74, 6) is 0. The molecule has 0 aliphatic rings. The molecule has 0 saturated heterocycles. The van der Waals surface area contributed by atoms with Crippen molar-refractivity contribution in [3.63, 3.8) is 0 Å². The molecule has 0 saturated carbocycles. The van der Waals surface area contributed by atoms with Crippen LogP contribution in [0.3, 0.4) is 0 Å². The highest BCUT2D eigenvalue weighted by molar-refractivity contribution is 7.21. The van der Waals surface area contributed by atoms with E-state index in [1.807, 2.05) is 6.07 Å². The predicted octanol–water partition coefficient (Wildman–Crippen LogP) is 8.74. The second-order valence-electron chi connectivity index (χ2n) is 9.10. The molecule has 0 fully saturated rings. The molecule has 0 atom stereocenters. The Morgan fingerprint density at radius 3 is 2.06 bits per heavy atom. The predicted molar refractivity (Wildman–Crippen MR) is 152 cm³/mol. The molecule has 0 aliphatic heterocycles. The third-order valence-electron chi connectivity index (χ3n) is 7.02. The molecule has 0 bridgehead atoms. The Bertz CT molecular complexity index is 2070. The summed E-state index contributed by atoms with van der Waals surface area (Å²) < 4.78 is 3.52. The van der Waals surface area contributed by atoms with Crippen LogP contribution in [-0.4, -0.2) is 14.4 Å². The van der Waals surface area contributed by atoms with E-state index in [2.05, 4.69) is 114 Å². The summed E-state index contributed by atoms with van der Waals surface area (Å²) in [5.41, 5.74) is 8.85. The molecular weight excluding hydrogens is 458 g/mol. The van der Waals surface area contributed by atoms with E-state index in [1.165, 1.54) is 31.9 Å². The van der Waals surface area contributed by atoms with E-state index in [-0.39, 0.29) is 0 Å². The molecule has 8 rings (SSSR count). The fourth-order valence-electron chi connectivity index (χ4n) is 5.29. The monoisotopic (exact) mass is 477 g/mol. The van der Waals surface area contributed by atoms with Gasteiger partial charge in [-0.25, -0.2) is 9.97 Å². The third-order valence-corrected chi connectivity index (χ3v) is 8.10. The van der Waals surface area contributed by atoms with Crippen LogP contribution in [-0.2, 0) is 0 Å². The zero-order valence-corrected chi connectivity index (χ0v) is 20.0. The Morgan fingerprint density at radius 1 is 0.500 bits per heavy atom. The van der Waals surface area contributed by atoms with Gasteiger partial charge in [0.15, 0.2) is 0 Å². The number of rotatable bonds is 2. The molecule has 168 valence electrons. The number of pyridine rings is 1. The maximum Gasteiger partial charge on any atom is 0.146 e. The van der Waals surface area contributed by atoms with Gasteiger partial charge in [-0.05, 0) is 46.8 Å². The first kappa shape index (κ1) is 19.7. The quantitative estimate of drug-likeness (QED) is 0.233. The van der Waals surface area contributed by atoms with E-state index in [4.69, 9.17) is 9.97 Å². The summed E-state index contributed by atoms with van der Waals surface area (Å²) in [4.78, 5) is 9.93. The molecule has 3 aromatic heterocycles. The van der Waals surface area contributed by atoms with E-state index < -0.39 is 0 Å². The lowest BCUT2D eigenvalue weighted by molar-refractivity contribution is 1.31. The van der Waals surface area contributed by atoms with Gasteiger partial charge in [-0.1, -0.05) is 84.9 Å². The van der Waals surface area contributed by atoms with Crippen molar-refractivity contribution >= 4 is 59.9 Å². The Kier molecular flexibility index (Phi) is 4.10. The van der Waals surface area contributed by atoms with Crippen LogP contribution in [0.25, 0.3) is 70.3 Å². The van der Waals surface area contributed by atoms with E-state index in [0.29, 0.717) is 0 Å². The first-order valence-electron chi connectivity index (χ1n) is 12.0. The van der Waals surface area contributed by atoms with Crippen LogP contribution in [0.5, 0.6) is 0 Å². The van der Waals surface area contributed by atoms with Gasteiger partial charge < -0.3 is 0 Å². The largest absolute Gasteiger partial charge is 0.292 e. The smallest absolute Gasteiger partial charge is 0.146 e. The second kappa shape index (κ2) is 7.48. The van der Waals surface area contributed by atoms with Gasteiger partial charge in [-0.15, -0.1) is 11.3 Å². The number of thiazole rings is 1. The first-order valence-corrected chi connectivity index (χ1v) is 12.8. The van der Waals surface area contributed by atoms with Gasteiger partial charge in [0.05, 0.1) is 26.8 Å². The van der Waals surface area contributed by atoms with Crippen molar-refractivity contribution in [1.29, 1.82) is 0 Å². The van der Waals surface area contributed by atoms with Crippen LogP contribution in [0.1, 0.15) is 0 Å². The van der Waals surface area contributed by atoms with Crippen molar-refractivity contribution in [2.75, 3.05) is 0 Å². The van der Waals surface area contributed by atoms with Crippen molar-refractivity contribution in [2.24, 2.45) is 0 Å². The van der Waals surface area contributed by atoms with E-state index in [1.54, 1.807) is 11.3 Å². The topological polar surface area (TPSA) is 30.2 Å². The average molecular weight is 478 g/mol. The van der Waals surface area contributed by atoms with Crippen LogP contribution in [0.15, 0.2) is 115 Å². The molecule has 0 radical (unpaired) electrons. The lowest BCUT2D eigenvalue weighted by Gasteiger charge is -2.08. The lowest BCUT2D eigenvalue weighted by atomic mass is 10.0. The molecule has 8 aromatic rings. The minimum absolute atomic E-state index is 1.00. The first-order chi connectivity index (χ1) is 17.8. The highest BCUT2D eigenvalue weighted by Crippen LogP contribution is 2.35. The summed E-state index contributed by atoms with van der Waals surface area (Å²) in [6, 6.07) is 40.8. The summed E-state index contributed by atoms with van der Waals surface area (Å²) >= 11 is 1.73. The molecule has 0 amide bonds. The highest BCUT2D eigenvalue weighted by Gasteiger charge is 2.14. The lowest BCUT2D eigenvalue weighted by Crippen LogP contribution is -1.90. The Hall–Kier alpha value is -4.54. The van der Waals surface area contributed by atoms with Crippen LogP contribution < -0.4 is 0 Å². The average Bonchev–Trinajstić information content (AvgIpc) is 3.55. The maximum atomic E-state index is 5.12. The van der Waals surface area contributed by atoms with Gasteiger partial charge >= 0.3 is 0 Å². The molecule has 4 heteroatoms. The fourth-order valence-corrected chi connectivity index (χ4v) is 6.27. The standard InChI is InChI=1S/C32H19N3S/c1-2-9-25-23(7-1)24-8-3-5-11-28(24)35-29-18-17-22(19-27(29)33-31(25)35)20-13-15-21(16-14-20)32-34-26-10-4-6-12-30(26)36-32/h1-19H. The highest BCUT2D eigenvalue weighted by atomic mass is 32.1. The normalized spacial score (nSPS) is 11.9. The molecule has 5 aromatic carbocycles. The van der Waals surface area contributed by atoms with Gasteiger partial charge in [0, 0.05) is 16.3 Å². The number of hydrogen-bond donors (Lipinski definition) is 0. The summed E-state index contributed by atoms with van der Waals surface area (Å²) in [6.45, 7) is 0. The summed E-state index contributed by atoms with van der Waals surface area (Å²) in [5, 5.41) is 4.71. The van der Waals surface area contributed by atoms with E-state index in [9.17, 15) is 0 Å². The van der Waals surface area contributed by atoms with Crippen LogP contribution in [0.2, 0.25) is 0 Å². The number of fused-ring (bicyclic) bond motifs is 9. The number of para-hydroxylation sites is 2. The molecular formula is C32H19N3S. The maximum absolute atomic E-state index is 5.12. The molecule has 36 heavy (non-hydrogen) atoms. The van der Waals surface area contributed by atoms with Crippen molar-refractivity contribution in [3.8, 4) is 21.7 Å². The minimum atomic E-state index is 1.00. The Morgan fingerprint density at radius 2 is 1.19 bits per heavy atom. The van der Waals surface area contributed by atoms with Gasteiger partial charge in [-0.3, -0.25) is 4.40 Å². The van der Waals surface area contributed by atoms with Crippen molar-refractivity contribution < 1.29 is 0 Å². The van der Waals surface area contributed by atoms with Gasteiger partial charge in [0.1, 0.15) is 10.7 Å². The van der Waals surface area contributed by atoms with Crippen LogP contribution in [0, 0.1) is 0 Å². The number of hydrogen-bond acceptors (Lipinski definition) is 3. The van der Waals surface area contributed by atoms with Crippen molar-refractivity contribution in [1.82, 2.24) is 14.4 Å². The SMILES string of the molecule is c1ccc2sc(-c3ccc(-c4ccc5c(c4)nc4c6ccccc6c6ccccc6n54)cc3)nc2c1. The number of imidazole rings is 1. The molecule has 0 N–H and O–H groups in total. The Balaban J connectivity index is 1.28. The zero-order valence-electron chi connectivity index (χ0n) is 19.2. The van der Waals surface area contributed by atoms with Gasteiger partial charge in [-0.2, -0.15) is 0 Å². The summed E-state index contributed by atoms with van der Waals surface area (Å²) in [6.07, 6.45) is 0. The number of benzene rings is 5. The Labute approximate surface area is 210 Å². The zero-order chi connectivity index (χ0) is 23.6. The van der Waals surface area contributed by atoms with Crippen LogP contribution in [0.4, 0.5) is 0 Å². The molecule has 3 nitrogen and oxygen atoms in total. The fraction of sp³-hybridized carbons (Fsp3) is 0. The van der Waals surface area contributed by atoms with Gasteiger partial charge in [0.2, 0.25) is 0 Å². The number of aromatic nitrogens is 3. The second-order valence-corrected chi connectivity index (χ2v) is 10.1. The minimum Gasteiger partial charge on any atom is -0.292 e. The number of nitrogens with zero attached hydrogens (tertiary/aromatic N) is 3. The van der Waals surface area contributed by atoms with Crippen LogP contribution >= 0.6 is 11.3 Å². The summed E-state index contributed by atoms with van der Waals surface area (Å²) in [7, 11) is 0. The van der Waals surface area contributed by atoms with Gasteiger partial charge in [0.25, 0.3) is 0 Å². The third kappa shape index (κ3) is 2.85.